The zero-order valence-corrected chi connectivity index (χ0v) is 12.2. The minimum absolute atomic E-state index is 0.146. The van der Waals surface area contributed by atoms with Gasteiger partial charge in [0.15, 0.2) is 5.65 Å². The molecule has 2 heterocycles. The van der Waals surface area contributed by atoms with Crippen LogP contribution in [0.2, 0.25) is 0 Å². The van der Waals surface area contributed by atoms with Crippen molar-refractivity contribution in [1.29, 1.82) is 0 Å². The maximum atomic E-state index is 12.6. The van der Waals surface area contributed by atoms with Crippen LogP contribution in [0.3, 0.4) is 0 Å². The monoisotopic (exact) mass is 280 g/mol. The number of hydrogen-bond donors (Lipinski definition) is 1. The molecule has 0 aliphatic heterocycles. The minimum atomic E-state index is -0.146. The number of fused-ring (bicyclic) bond motifs is 1. The number of para-hydroxylation sites is 1. The van der Waals surface area contributed by atoms with Crippen molar-refractivity contribution in [3.05, 3.63) is 53.3 Å². The molecule has 0 bridgehead atoms. The van der Waals surface area contributed by atoms with Crippen LogP contribution >= 0.6 is 0 Å². The van der Waals surface area contributed by atoms with Gasteiger partial charge >= 0.3 is 0 Å². The lowest BCUT2D eigenvalue weighted by atomic mass is 10.1. The van der Waals surface area contributed by atoms with Gasteiger partial charge in [0.05, 0.1) is 16.6 Å². The second kappa shape index (κ2) is 5.01. The molecule has 0 unspecified atom stereocenters. The van der Waals surface area contributed by atoms with Crippen molar-refractivity contribution in [3.8, 4) is 0 Å². The van der Waals surface area contributed by atoms with Gasteiger partial charge in [-0.25, -0.2) is 4.98 Å². The third kappa shape index (κ3) is 2.38. The van der Waals surface area contributed by atoms with Gasteiger partial charge in [-0.05, 0) is 32.0 Å². The van der Waals surface area contributed by atoms with E-state index in [0.29, 0.717) is 5.56 Å². The summed E-state index contributed by atoms with van der Waals surface area (Å²) in [6.45, 7) is 3.76. The third-order valence-electron chi connectivity index (χ3n) is 3.37. The predicted octanol–water partition coefficient (Wildman–Crippen LogP) is 2.84. The van der Waals surface area contributed by atoms with Gasteiger partial charge in [0, 0.05) is 18.4 Å². The van der Waals surface area contributed by atoms with Crippen LogP contribution in [-0.2, 0) is 7.05 Å². The van der Waals surface area contributed by atoms with Crippen LogP contribution in [-0.4, -0.2) is 20.7 Å². The predicted molar refractivity (Wildman–Crippen MR) is 82.4 cm³/mol. The van der Waals surface area contributed by atoms with E-state index in [2.05, 4.69) is 15.4 Å². The van der Waals surface area contributed by atoms with Gasteiger partial charge < -0.3 is 5.32 Å². The molecule has 0 saturated heterocycles. The molecule has 21 heavy (non-hydrogen) atoms. The van der Waals surface area contributed by atoms with Crippen molar-refractivity contribution in [3.63, 3.8) is 0 Å². The molecule has 0 saturated carbocycles. The Morgan fingerprint density at radius 3 is 2.62 bits per heavy atom. The lowest BCUT2D eigenvalue weighted by molar-refractivity contribution is 0.102. The van der Waals surface area contributed by atoms with E-state index in [0.717, 1.165) is 28.1 Å². The summed E-state index contributed by atoms with van der Waals surface area (Å²) in [5, 5.41) is 8.07. The average Bonchev–Trinajstić information content (AvgIpc) is 2.74. The van der Waals surface area contributed by atoms with Gasteiger partial charge in [0.25, 0.3) is 5.91 Å². The number of hydrogen-bond acceptors (Lipinski definition) is 3. The first-order valence-electron chi connectivity index (χ1n) is 6.73. The van der Waals surface area contributed by atoms with E-state index < -0.39 is 0 Å². The van der Waals surface area contributed by atoms with E-state index in [-0.39, 0.29) is 5.91 Å². The maximum absolute atomic E-state index is 12.6. The van der Waals surface area contributed by atoms with Crippen LogP contribution in [0.25, 0.3) is 11.0 Å². The maximum Gasteiger partial charge on any atom is 0.256 e. The van der Waals surface area contributed by atoms with Crippen LogP contribution in [0.5, 0.6) is 0 Å². The first-order valence-corrected chi connectivity index (χ1v) is 6.73. The van der Waals surface area contributed by atoms with Gasteiger partial charge in [-0.3, -0.25) is 9.48 Å². The van der Waals surface area contributed by atoms with Crippen molar-refractivity contribution >= 4 is 22.6 Å². The number of aryl methyl sites for hydroxylation is 3. The lowest BCUT2D eigenvalue weighted by Crippen LogP contribution is -2.13. The molecule has 0 spiro atoms. The lowest BCUT2D eigenvalue weighted by Gasteiger charge is -2.07. The summed E-state index contributed by atoms with van der Waals surface area (Å²) < 4.78 is 1.71. The Labute approximate surface area is 122 Å². The van der Waals surface area contributed by atoms with E-state index in [4.69, 9.17) is 0 Å². The van der Waals surface area contributed by atoms with Gasteiger partial charge in [-0.1, -0.05) is 18.2 Å². The zero-order valence-electron chi connectivity index (χ0n) is 12.2. The van der Waals surface area contributed by atoms with E-state index in [1.54, 1.807) is 10.7 Å². The SMILES string of the molecule is Cc1cc(C(=O)Nc2ccccc2)c2c(C)nn(C)c2n1. The van der Waals surface area contributed by atoms with Crippen molar-refractivity contribution in [2.45, 2.75) is 13.8 Å². The fourth-order valence-corrected chi connectivity index (χ4v) is 2.47. The second-order valence-electron chi connectivity index (χ2n) is 5.04. The molecule has 3 rings (SSSR count). The zero-order chi connectivity index (χ0) is 15.0. The molecule has 106 valence electrons. The minimum Gasteiger partial charge on any atom is -0.322 e. The van der Waals surface area contributed by atoms with Crippen molar-refractivity contribution in [1.82, 2.24) is 14.8 Å². The fourth-order valence-electron chi connectivity index (χ4n) is 2.47. The van der Waals surface area contributed by atoms with Gasteiger partial charge in [0.1, 0.15) is 0 Å². The Morgan fingerprint density at radius 1 is 1.19 bits per heavy atom. The molecule has 2 aromatic heterocycles. The number of carbonyl (C=O) groups is 1. The molecule has 0 aliphatic carbocycles. The van der Waals surface area contributed by atoms with Crippen LogP contribution in [0, 0.1) is 13.8 Å². The number of carbonyl (C=O) groups excluding carboxylic acids is 1. The molecule has 1 amide bonds. The number of rotatable bonds is 2. The van der Waals surface area contributed by atoms with Gasteiger partial charge in [-0.15, -0.1) is 0 Å². The molecule has 1 N–H and O–H groups in total. The van der Waals surface area contributed by atoms with E-state index in [9.17, 15) is 4.79 Å². The van der Waals surface area contributed by atoms with Crippen molar-refractivity contribution in [2.24, 2.45) is 7.05 Å². The summed E-state index contributed by atoms with van der Waals surface area (Å²) in [7, 11) is 1.83. The summed E-state index contributed by atoms with van der Waals surface area (Å²) in [5.41, 5.74) is 3.70. The summed E-state index contributed by atoms with van der Waals surface area (Å²) in [4.78, 5) is 17.0. The number of benzene rings is 1. The highest BCUT2D eigenvalue weighted by Gasteiger charge is 2.17. The number of nitrogens with zero attached hydrogens (tertiary/aromatic N) is 3. The fraction of sp³-hybridized carbons (Fsp3) is 0.188. The topological polar surface area (TPSA) is 59.8 Å². The molecule has 0 aliphatic rings. The van der Waals surface area contributed by atoms with Crippen molar-refractivity contribution in [2.75, 3.05) is 5.32 Å². The molecule has 0 fully saturated rings. The Kier molecular flexibility index (Phi) is 3.17. The molecule has 0 atom stereocenters. The molecule has 0 radical (unpaired) electrons. The van der Waals surface area contributed by atoms with Gasteiger partial charge in [0.2, 0.25) is 0 Å². The first kappa shape index (κ1) is 13.3. The van der Waals surface area contributed by atoms with Gasteiger partial charge in [-0.2, -0.15) is 5.10 Å². The van der Waals surface area contributed by atoms with Crippen LogP contribution < -0.4 is 5.32 Å². The Hall–Kier alpha value is -2.69. The normalized spacial score (nSPS) is 10.8. The second-order valence-corrected chi connectivity index (χ2v) is 5.04. The molecule has 3 aromatic rings. The third-order valence-corrected chi connectivity index (χ3v) is 3.37. The number of nitrogens with one attached hydrogen (secondary N) is 1. The molecule has 5 heteroatoms. The first-order chi connectivity index (χ1) is 10.1. The number of anilines is 1. The smallest absolute Gasteiger partial charge is 0.256 e. The number of pyridine rings is 1. The summed E-state index contributed by atoms with van der Waals surface area (Å²) in [5.74, 6) is -0.146. The Balaban J connectivity index is 2.09. The molecular formula is C16H16N4O. The van der Waals surface area contributed by atoms with E-state index in [1.807, 2.05) is 51.2 Å². The molecule has 5 nitrogen and oxygen atoms in total. The average molecular weight is 280 g/mol. The van der Waals surface area contributed by atoms with Crippen LogP contribution in [0.15, 0.2) is 36.4 Å². The van der Waals surface area contributed by atoms with Crippen LogP contribution in [0.1, 0.15) is 21.7 Å². The van der Waals surface area contributed by atoms with E-state index in [1.165, 1.54) is 0 Å². The number of aromatic nitrogens is 3. The van der Waals surface area contributed by atoms with Crippen molar-refractivity contribution < 1.29 is 4.79 Å². The van der Waals surface area contributed by atoms with Crippen LogP contribution in [0.4, 0.5) is 5.69 Å². The Morgan fingerprint density at radius 2 is 1.90 bits per heavy atom. The highest BCUT2D eigenvalue weighted by molar-refractivity contribution is 6.12. The standard InChI is InChI=1S/C16H16N4O/c1-10-9-13(14-11(2)19-20(3)15(14)17-10)16(21)18-12-7-5-4-6-8-12/h4-9H,1-3H3,(H,18,21). The Bertz CT molecular complexity index is 821. The summed E-state index contributed by atoms with van der Waals surface area (Å²) in [6, 6.07) is 11.2. The number of amides is 1. The highest BCUT2D eigenvalue weighted by Crippen LogP contribution is 2.22. The highest BCUT2D eigenvalue weighted by atomic mass is 16.1. The molecule has 1 aromatic carbocycles. The molecular weight excluding hydrogens is 264 g/mol. The summed E-state index contributed by atoms with van der Waals surface area (Å²) in [6.07, 6.45) is 0. The largest absolute Gasteiger partial charge is 0.322 e. The quantitative estimate of drug-likeness (QED) is 0.785. The summed E-state index contributed by atoms with van der Waals surface area (Å²) >= 11 is 0. The van der Waals surface area contributed by atoms with E-state index >= 15 is 0 Å².